The van der Waals surface area contributed by atoms with Crippen molar-refractivity contribution < 1.29 is 0 Å². The highest BCUT2D eigenvalue weighted by Crippen LogP contribution is 2.15. The van der Waals surface area contributed by atoms with Gasteiger partial charge in [0, 0.05) is 18.3 Å². The monoisotopic (exact) mass is 259 g/mol. The molecule has 2 aromatic carbocycles. The van der Waals surface area contributed by atoms with Gasteiger partial charge in [-0.2, -0.15) is 10.4 Å². The van der Waals surface area contributed by atoms with E-state index in [1.807, 2.05) is 65.3 Å². The SMILES string of the molecule is N#Cc1cccc(Cc2ccnn2-c2ccccc2)c1. The van der Waals surface area contributed by atoms with Crippen molar-refractivity contribution in [2.24, 2.45) is 0 Å². The summed E-state index contributed by atoms with van der Waals surface area (Å²) in [5, 5.41) is 13.3. The molecule has 20 heavy (non-hydrogen) atoms. The normalized spacial score (nSPS) is 10.2. The van der Waals surface area contributed by atoms with Crippen LogP contribution in [-0.4, -0.2) is 9.78 Å². The predicted molar refractivity (Wildman–Crippen MR) is 77.5 cm³/mol. The van der Waals surface area contributed by atoms with Crippen LogP contribution in [0.3, 0.4) is 0 Å². The summed E-state index contributed by atoms with van der Waals surface area (Å²) in [6.07, 6.45) is 2.56. The van der Waals surface area contributed by atoms with E-state index in [1.165, 1.54) is 0 Å². The number of para-hydroxylation sites is 1. The van der Waals surface area contributed by atoms with Crippen molar-refractivity contribution in [1.82, 2.24) is 9.78 Å². The van der Waals surface area contributed by atoms with Crippen molar-refractivity contribution in [2.75, 3.05) is 0 Å². The van der Waals surface area contributed by atoms with Gasteiger partial charge in [0.1, 0.15) is 0 Å². The third-order valence-corrected chi connectivity index (χ3v) is 3.16. The first-order valence-electron chi connectivity index (χ1n) is 6.44. The van der Waals surface area contributed by atoms with Gasteiger partial charge in [-0.05, 0) is 35.9 Å². The molecular formula is C17H13N3. The Morgan fingerprint density at radius 2 is 1.85 bits per heavy atom. The van der Waals surface area contributed by atoms with Crippen molar-refractivity contribution in [2.45, 2.75) is 6.42 Å². The first-order chi connectivity index (χ1) is 9.86. The van der Waals surface area contributed by atoms with Crippen molar-refractivity contribution in [3.8, 4) is 11.8 Å². The number of hydrogen-bond acceptors (Lipinski definition) is 2. The highest BCUT2D eigenvalue weighted by atomic mass is 15.3. The van der Waals surface area contributed by atoms with Gasteiger partial charge in [0.05, 0.1) is 17.3 Å². The van der Waals surface area contributed by atoms with E-state index < -0.39 is 0 Å². The lowest BCUT2D eigenvalue weighted by atomic mass is 10.1. The fourth-order valence-electron chi connectivity index (χ4n) is 2.23. The summed E-state index contributed by atoms with van der Waals surface area (Å²) >= 11 is 0. The maximum atomic E-state index is 8.95. The van der Waals surface area contributed by atoms with E-state index in [2.05, 4.69) is 11.2 Å². The predicted octanol–water partition coefficient (Wildman–Crippen LogP) is 3.33. The van der Waals surface area contributed by atoms with E-state index in [4.69, 9.17) is 5.26 Å². The molecule has 3 heteroatoms. The van der Waals surface area contributed by atoms with Crippen molar-refractivity contribution in [1.29, 1.82) is 5.26 Å². The van der Waals surface area contributed by atoms with Crippen LogP contribution in [0.25, 0.3) is 5.69 Å². The molecule has 3 nitrogen and oxygen atoms in total. The van der Waals surface area contributed by atoms with Gasteiger partial charge in [0.15, 0.2) is 0 Å². The summed E-state index contributed by atoms with van der Waals surface area (Å²) in [5.41, 5.74) is 3.95. The molecule has 0 aliphatic carbocycles. The van der Waals surface area contributed by atoms with Crippen molar-refractivity contribution >= 4 is 0 Å². The smallest absolute Gasteiger partial charge is 0.0991 e. The zero-order valence-corrected chi connectivity index (χ0v) is 10.9. The summed E-state index contributed by atoms with van der Waals surface area (Å²) in [5.74, 6) is 0. The molecule has 0 atom stereocenters. The Morgan fingerprint density at radius 3 is 2.65 bits per heavy atom. The molecule has 1 aromatic heterocycles. The fourth-order valence-corrected chi connectivity index (χ4v) is 2.23. The van der Waals surface area contributed by atoms with Gasteiger partial charge in [-0.1, -0.05) is 30.3 Å². The van der Waals surface area contributed by atoms with Crippen LogP contribution in [0.15, 0.2) is 66.9 Å². The number of rotatable bonds is 3. The maximum absolute atomic E-state index is 8.95. The zero-order valence-electron chi connectivity index (χ0n) is 10.9. The first kappa shape index (κ1) is 12.2. The topological polar surface area (TPSA) is 41.6 Å². The average Bonchev–Trinajstić information content (AvgIpc) is 2.96. The van der Waals surface area contributed by atoms with E-state index in [-0.39, 0.29) is 0 Å². The van der Waals surface area contributed by atoms with E-state index in [0.29, 0.717) is 5.56 Å². The minimum atomic E-state index is 0.688. The lowest BCUT2D eigenvalue weighted by Crippen LogP contribution is -2.02. The minimum absolute atomic E-state index is 0.688. The number of nitrogens with zero attached hydrogens (tertiary/aromatic N) is 3. The highest BCUT2D eigenvalue weighted by Gasteiger charge is 2.06. The Kier molecular flexibility index (Phi) is 3.30. The fraction of sp³-hybridized carbons (Fsp3) is 0.0588. The number of nitriles is 1. The van der Waals surface area contributed by atoms with E-state index in [1.54, 1.807) is 6.20 Å². The molecule has 0 aliphatic rings. The molecule has 3 aromatic rings. The van der Waals surface area contributed by atoms with Gasteiger partial charge in [-0.25, -0.2) is 4.68 Å². The van der Waals surface area contributed by atoms with Crippen LogP contribution in [0.2, 0.25) is 0 Å². The first-order valence-corrected chi connectivity index (χ1v) is 6.44. The molecular weight excluding hydrogens is 246 g/mol. The molecule has 0 spiro atoms. The summed E-state index contributed by atoms with van der Waals surface area (Å²) < 4.78 is 1.93. The lowest BCUT2D eigenvalue weighted by molar-refractivity contribution is 0.824. The van der Waals surface area contributed by atoms with Crippen LogP contribution >= 0.6 is 0 Å². The summed E-state index contributed by atoms with van der Waals surface area (Å²) in [4.78, 5) is 0. The van der Waals surface area contributed by atoms with Crippen LogP contribution in [0.5, 0.6) is 0 Å². The van der Waals surface area contributed by atoms with Crippen molar-refractivity contribution in [3.05, 3.63) is 83.7 Å². The largest absolute Gasteiger partial charge is 0.237 e. The van der Waals surface area contributed by atoms with Gasteiger partial charge in [0.25, 0.3) is 0 Å². The molecule has 0 fully saturated rings. The maximum Gasteiger partial charge on any atom is 0.0991 e. The standard InChI is InChI=1S/C17H13N3/c18-13-15-6-4-5-14(11-15)12-17-9-10-19-20(17)16-7-2-1-3-8-16/h1-11H,12H2. The molecule has 0 bridgehead atoms. The second-order valence-electron chi connectivity index (χ2n) is 4.56. The van der Waals surface area contributed by atoms with Gasteiger partial charge in [-0.15, -0.1) is 0 Å². The Hall–Kier alpha value is -2.86. The number of benzene rings is 2. The van der Waals surface area contributed by atoms with Crippen LogP contribution < -0.4 is 0 Å². The Bertz CT molecular complexity index is 751. The molecule has 0 saturated heterocycles. The van der Waals surface area contributed by atoms with Gasteiger partial charge in [-0.3, -0.25) is 0 Å². The Morgan fingerprint density at radius 1 is 1.00 bits per heavy atom. The molecule has 96 valence electrons. The van der Waals surface area contributed by atoms with Crippen LogP contribution in [0.1, 0.15) is 16.8 Å². The number of hydrogen-bond donors (Lipinski definition) is 0. The third-order valence-electron chi connectivity index (χ3n) is 3.16. The lowest BCUT2D eigenvalue weighted by Gasteiger charge is -2.07. The molecule has 0 radical (unpaired) electrons. The second kappa shape index (κ2) is 5.41. The zero-order chi connectivity index (χ0) is 13.8. The molecule has 0 saturated carbocycles. The molecule has 3 rings (SSSR count). The summed E-state index contributed by atoms with van der Waals surface area (Å²) in [7, 11) is 0. The minimum Gasteiger partial charge on any atom is -0.237 e. The summed E-state index contributed by atoms with van der Waals surface area (Å²) in [6, 6.07) is 21.9. The Labute approximate surface area is 117 Å². The Balaban J connectivity index is 1.93. The van der Waals surface area contributed by atoms with Gasteiger partial charge in [0.2, 0.25) is 0 Å². The molecule has 0 aliphatic heterocycles. The van der Waals surface area contributed by atoms with E-state index in [0.717, 1.165) is 23.4 Å². The molecule has 0 N–H and O–H groups in total. The van der Waals surface area contributed by atoms with Crippen molar-refractivity contribution in [3.63, 3.8) is 0 Å². The van der Waals surface area contributed by atoms with Crippen LogP contribution in [0.4, 0.5) is 0 Å². The second-order valence-corrected chi connectivity index (χ2v) is 4.56. The molecule has 1 heterocycles. The van der Waals surface area contributed by atoms with Crippen LogP contribution in [-0.2, 0) is 6.42 Å². The molecule has 0 amide bonds. The third kappa shape index (κ3) is 2.45. The number of aromatic nitrogens is 2. The van der Waals surface area contributed by atoms with E-state index >= 15 is 0 Å². The van der Waals surface area contributed by atoms with E-state index in [9.17, 15) is 0 Å². The van der Waals surface area contributed by atoms with Crippen LogP contribution in [0, 0.1) is 11.3 Å². The average molecular weight is 259 g/mol. The quantitative estimate of drug-likeness (QED) is 0.724. The summed E-state index contributed by atoms with van der Waals surface area (Å²) in [6.45, 7) is 0. The van der Waals surface area contributed by atoms with Gasteiger partial charge >= 0.3 is 0 Å². The highest BCUT2D eigenvalue weighted by molar-refractivity contribution is 5.37. The van der Waals surface area contributed by atoms with Gasteiger partial charge < -0.3 is 0 Å². The molecule has 0 unspecified atom stereocenters.